The minimum absolute atomic E-state index is 0.0660. The summed E-state index contributed by atoms with van der Waals surface area (Å²) in [5.74, 6) is 0. The Morgan fingerprint density at radius 3 is 1.09 bits per heavy atom. The molecule has 0 radical (unpaired) electrons. The molecule has 7 heteroatoms. The van der Waals surface area contributed by atoms with E-state index in [1.165, 1.54) is 67.4 Å². The second kappa shape index (κ2) is 15.0. The molecule has 0 saturated carbocycles. The van der Waals surface area contributed by atoms with E-state index >= 15 is 0 Å². The largest absolute Gasteiger partial charge is 0.309 e. The molecule has 0 amide bonds. The average Bonchev–Trinajstić information content (AvgIpc) is 3.85. The molecule has 0 atom stereocenters. The maximum Gasteiger partial charge on any atom is 0.113 e. The summed E-state index contributed by atoms with van der Waals surface area (Å²) < 4.78 is 10.0. The smallest absolute Gasteiger partial charge is 0.113 e. The van der Waals surface area contributed by atoms with Gasteiger partial charge in [-0.25, -0.2) is 0 Å². The highest BCUT2D eigenvalue weighted by Crippen LogP contribution is 2.55. The summed E-state index contributed by atoms with van der Waals surface area (Å²) in [6.07, 6.45) is 4.28. The first-order chi connectivity index (χ1) is 26.5. The highest BCUT2D eigenvalue weighted by atomic mass is 32.1. The molecule has 0 saturated heterocycles. The van der Waals surface area contributed by atoms with Gasteiger partial charge in [-0.2, -0.15) is 8.75 Å². The Kier molecular flexibility index (Phi) is 10.3. The van der Waals surface area contributed by atoms with Crippen molar-refractivity contribution in [2.45, 2.75) is 36.5 Å². The SMILES string of the molecule is CN(C)CCC1(CCN(C)C)c2ccccc2-c2ccc(-c3ccc(-c4ccc5c(c4)C(CCN(C)C)(CCN(C)C)c4ccccc4-5)c4nsnc34)cc21. The predicted octanol–water partition coefficient (Wildman–Crippen LogP) is 9.37. The van der Waals surface area contributed by atoms with E-state index in [1.807, 2.05) is 0 Å². The van der Waals surface area contributed by atoms with E-state index in [0.717, 1.165) is 74.0 Å². The lowest BCUT2D eigenvalue weighted by Gasteiger charge is -2.35. The Balaban J connectivity index is 1.24. The second-order valence-electron chi connectivity index (χ2n) is 17.1. The van der Waals surface area contributed by atoms with E-state index in [0.29, 0.717) is 0 Å². The van der Waals surface area contributed by atoms with Gasteiger partial charge in [0.15, 0.2) is 0 Å². The Labute approximate surface area is 332 Å². The molecule has 0 aliphatic heterocycles. The third-order valence-electron chi connectivity index (χ3n) is 12.5. The van der Waals surface area contributed by atoms with Gasteiger partial charge in [0.25, 0.3) is 0 Å². The summed E-state index contributed by atoms with van der Waals surface area (Å²) >= 11 is 1.32. The molecule has 8 rings (SSSR count). The average molecular weight is 749 g/mol. The Bertz CT molecular complexity index is 2150. The first-order valence-electron chi connectivity index (χ1n) is 19.9. The predicted molar refractivity (Wildman–Crippen MR) is 233 cm³/mol. The van der Waals surface area contributed by atoms with Crippen LogP contribution in [0.5, 0.6) is 0 Å². The van der Waals surface area contributed by atoms with Crippen LogP contribution in [0.1, 0.15) is 47.9 Å². The number of hydrogen-bond acceptors (Lipinski definition) is 7. The molecule has 1 aromatic heterocycles. The molecule has 0 bridgehead atoms. The maximum absolute atomic E-state index is 5.01. The molecule has 0 unspecified atom stereocenters. The van der Waals surface area contributed by atoms with Crippen LogP contribution < -0.4 is 0 Å². The lowest BCUT2D eigenvalue weighted by atomic mass is 9.72. The van der Waals surface area contributed by atoms with Gasteiger partial charge < -0.3 is 19.6 Å². The van der Waals surface area contributed by atoms with Crippen LogP contribution in [0.25, 0.3) is 55.5 Å². The second-order valence-corrected chi connectivity index (χ2v) is 17.6. The number of rotatable bonds is 14. The molecule has 6 aromatic rings. The highest BCUT2D eigenvalue weighted by molar-refractivity contribution is 7.00. The summed E-state index contributed by atoms with van der Waals surface area (Å²) in [7, 11) is 17.5. The minimum atomic E-state index is -0.0660. The Hall–Kier alpha value is -4.24. The molecular weight excluding hydrogens is 693 g/mol. The van der Waals surface area contributed by atoms with E-state index in [9.17, 15) is 0 Å². The first kappa shape index (κ1) is 37.7. The van der Waals surface area contributed by atoms with Crippen molar-refractivity contribution in [2.75, 3.05) is 82.6 Å². The summed E-state index contributed by atoms with van der Waals surface area (Å²) in [6.45, 7) is 4.10. The highest BCUT2D eigenvalue weighted by Gasteiger charge is 2.44. The summed E-state index contributed by atoms with van der Waals surface area (Å²) in [5, 5.41) is 0. The van der Waals surface area contributed by atoms with Crippen LogP contribution in [0.3, 0.4) is 0 Å². The monoisotopic (exact) mass is 748 g/mol. The van der Waals surface area contributed by atoms with E-state index < -0.39 is 0 Å². The fourth-order valence-corrected chi connectivity index (χ4v) is 10.1. The van der Waals surface area contributed by atoms with Gasteiger partial charge in [-0.15, -0.1) is 0 Å². The Morgan fingerprint density at radius 2 is 0.727 bits per heavy atom. The zero-order valence-electron chi connectivity index (χ0n) is 34.0. The molecule has 5 aromatic carbocycles. The molecule has 284 valence electrons. The lowest BCUT2D eigenvalue weighted by molar-refractivity contribution is 0.300. The van der Waals surface area contributed by atoms with Crippen molar-refractivity contribution < 1.29 is 0 Å². The van der Waals surface area contributed by atoms with Gasteiger partial charge >= 0.3 is 0 Å². The molecule has 0 fully saturated rings. The molecule has 0 N–H and O–H groups in total. The van der Waals surface area contributed by atoms with Crippen molar-refractivity contribution in [3.8, 4) is 44.5 Å². The zero-order valence-corrected chi connectivity index (χ0v) is 34.8. The van der Waals surface area contributed by atoms with Crippen molar-refractivity contribution in [1.29, 1.82) is 0 Å². The summed E-state index contributed by atoms with van der Waals surface area (Å²) in [5.41, 5.74) is 17.9. The molecular formula is C48H56N6S. The van der Waals surface area contributed by atoms with E-state index in [1.54, 1.807) is 0 Å². The van der Waals surface area contributed by atoms with Crippen LogP contribution in [0, 0.1) is 0 Å². The lowest BCUT2D eigenvalue weighted by Crippen LogP contribution is -2.33. The fraction of sp³-hybridized carbons (Fsp3) is 0.375. The molecule has 0 spiro atoms. The van der Waals surface area contributed by atoms with Gasteiger partial charge in [-0.1, -0.05) is 84.9 Å². The zero-order chi connectivity index (χ0) is 38.5. The topological polar surface area (TPSA) is 38.7 Å². The molecule has 6 nitrogen and oxygen atoms in total. The van der Waals surface area contributed by atoms with Gasteiger partial charge in [0.05, 0.1) is 11.7 Å². The van der Waals surface area contributed by atoms with E-state index in [4.69, 9.17) is 8.75 Å². The molecule has 55 heavy (non-hydrogen) atoms. The quantitative estimate of drug-likeness (QED) is 0.111. The molecule has 1 heterocycles. The van der Waals surface area contributed by atoms with Crippen LogP contribution in [0.2, 0.25) is 0 Å². The third-order valence-corrected chi connectivity index (χ3v) is 13.0. The van der Waals surface area contributed by atoms with Crippen LogP contribution in [-0.2, 0) is 10.8 Å². The first-order valence-corrected chi connectivity index (χ1v) is 20.6. The van der Waals surface area contributed by atoms with Crippen LogP contribution >= 0.6 is 11.7 Å². The minimum Gasteiger partial charge on any atom is -0.309 e. The number of aromatic nitrogens is 2. The van der Waals surface area contributed by atoms with Gasteiger partial charge in [0.1, 0.15) is 11.0 Å². The maximum atomic E-state index is 5.01. The van der Waals surface area contributed by atoms with Gasteiger partial charge in [0.2, 0.25) is 0 Å². The normalized spacial score (nSPS) is 15.0. The van der Waals surface area contributed by atoms with Crippen molar-refractivity contribution in [2.24, 2.45) is 0 Å². The van der Waals surface area contributed by atoms with Crippen LogP contribution in [0.15, 0.2) is 97.1 Å². The third kappa shape index (κ3) is 6.64. The van der Waals surface area contributed by atoms with Crippen molar-refractivity contribution in [3.05, 3.63) is 119 Å². The van der Waals surface area contributed by atoms with Gasteiger partial charge in [0, 0.05) is 22.0 Å². The number of hydrogen-bond donors (Lipinski definition) is 0. The fourth-order valence-electron chi connectivity index (χ4n) is 9.56. The number of nitrogens with zero attached hydrogens (tertiary/aromatic N) is 6. The van der Waals surface area contributed by atoms with Gasteiger partial charge in [-0.05, 0) is 176 Å². The Morgan fingerprint density at radius 1 is 0.400 bits per heavy atom. The molecule has 2 aliphatic carbocycles. The van der Waals surface area contributed by atoms with Crippen molar-refractivity contribution >= 4 is 22.8 Å². The molecule has 2 aliphatic rings. The van der Waals surface area contributed by atoms with Crippen molar-refractivity contribution in [1.82, 2.24) is 28.3 Å². The number of fused-ring (bicyclic) bond motifs is 7. The standard InChI is InChI=1S/C48H56N6S/c1-51(2)27-23-47(24-28-52(3)4)41-15-11-9-13-37(41)39-19-17-33(31-43(39)47)35-21-22-36(46-45(35)49-55-50-46)34-18-20-40-38-14-10-12-16-42(38)48(44(40)32-34,25-29-53(5)6)26-30-54(7)8/h9-22,31-32H,23-30H2,1-8H3. The van der Waals surface area contributed by atoms with E-state index in [2.05, 4.69) is 173 Å². The van der Waals surface area contributed by atoms with Crippen LogP contribution in [0.4, 0.5) is 0 Å². The summed E-state index contributed by atoms with van der Waals surface area (Å²) in [6, 6.07) is 37.2. The van der Waals surface area contributed by atoms with Gasteiger partial charge in [-0.3, -0.25) is 0 Å². The van der Waals surface area contributed by atoms with Crippen LogP contribution in [-0.4, -0.2) is 111 Å². The number of benzene rings is 5. The van der Waals surface area contributed by atoms with E-state index in [-0.39, 0.29) is 10.8 Å². The van der Waals surface area contributed by atoms with Crippen molar-refractivity contribution in [3.63, 3.8) is 0 Å². The summed E-state index contributed by atoms with van der Waals surface area (Å²) in [4.78, 5) is 9.32.